The molecule has 0 aromatic carbocycles. The van der Waals surface area contributed by atoms with Gasteiger partial charge in [0.2, 0.25) is 0 Å². The molecule has 0 rings (SSSR count). The third kappa shape index (κ3) is 6.11. The monoisotopic (exact) mass is 155 g/mol. The highest BCUT2D eigenvalue weighted by atomic mass is 14.6. The second-order valence-electron chi connectivity index (χ2n) is 3.29. The zero-order valence-corrected chi connectivity index (χ0v) is 8.01. The van der Waals surface area contributed by atoms with Crippen molar-refractivity contribution < 1.29 is 0 Å². The Morgan fingerprint density at radius 2 is 2.00 bits per heavy atom. The van der Waals surface area contributed by atoms with Gasteiger partial charge in [0.05, 0.1) is 0 Å². The van der Waals surface area contributed by atoms with Gasteiger partial charge in [-0.3, -0.25) is 0 Å². The molecule has 2 atom stereocenters. The van der Waals surface area contributed by atoms with Crippen LogP contribution in [0.5, 0.6) is 0 Å². The van der Waals surface area contributed by atoms with E-state index in [0.717, 1.165) is 0 Å². The molecule has 0 unspecified atom stereocenters. The Morgan fingerprint density at radius 3 is 2.45 bits per heavy atom. The Hall–Kier alpha value is -0.300. The number of hydrogen-bond donors (Lipinski definition) is 1. The minimum atomic E-state index is 0.285. The normalized spacial score (nSPS) is 17.1. The van der Waals surface area contributed by atoms with Gasteiger partial charge in [0.25, 0.3) is 0 Å². The number of unbranched alkanes of at least 4 members (excludes halogenated alkanes) is 2. The molecule has 0 aliphatic heterocycles. The lowest BCUT2D eigenvalue weighted by molar-refractivity contribution is 0.580. The molecule has 2 N–H and O–H groups in total. The van der Waals surface area contributed by atoms with Crippen molar-refractivity contribution in [2.24, 2.45) is 11.7 Å². The van der Waals surface area contributed by atoms with Gasteiger partial charge >= 0.3 is 0 Å². The van der Waals surface area contributed by atoms with Crippen LogP contribution in [0.4, 0.5) is 0 Å². The van der Waals surface area contributed by atoms with Crippen molar-refractivity contribution in [2.75, 3.05) is 0 Å². The third-order valence-corrected chi connectivity index (χ3v) is 1.99. The van der Waals surface area contributed by atoms with E-state index in [2.05, 4.69) is 32.9 Å². The van der Waals surface area contributed by atoms with Crippen molar-refractivity contribution in [1.29, 1.82) is 0 Å². The molecule has 0 aromatic heterocycles. The second kappa shape index (κ2) is 6.41. The van der Waals surface area contributed by atoms with Crippen molar-refractivity contribution in [1.82, 2.24) is 0 Å². The molecule has 0 amide bonds. The van der Waals surface area contributed by atoms with E-state index in [4.69, 9.17) is 5.73 Å². The van der Waals surface area contributed by atoms with Crippen LogP contribution < -0.4 is 5.73 Å². The summed E-state index contributed by atoms with van der Waals surface area (Å²) < 4.78 is 0. The zero-order chi connectivity index (χ0) is 8.69. The third-order valence-electron chi connectivity index (χ3n) is 1.99. The van der Waals surface area contributed by atoms with Crippen LogP contribution in [-0.4, -0.2) is 6.04 Å². The molecule has 0 fully saturated rings. The SMILES string of the molecule is CCCC/C=C\[C@H](C)[C@@H](C)N. The standard InChI is InChI=1S/C10H21N/c1-4-5-6-7-8-9(2)10(3)11/h7-10H,4-6,11H2,1-3H3/b8-7-/t9-,10+/m0/s1. The van der Waals surface area contributed by atoms with E-state index in [9.17, 15) is 0 Å². The van der Waals surface area contributed by atoms with Crippen LogP contribution in [0.15, 0.2) is 12.2 Å². The molecule has 1 nitrogen and oxygen atoms in total. The highest BCUT2D eigenvalue weighted by Crippen LogP contribution is 2.03. The average molecular weight is 155 g/mol. The molecule has 0 bridgehead atoms. The highest BCUT2D eigenvalue weighted by molar-refractivity contribution is 4.89. The molecular formula is C10H21N. The topological polar surface area (TPSA) is 26.0 Å². The van der Waals surface area contributed by atoms with Gasteiger partial charge in [-0.05, 0) is 19.3 Å². The predicted octanol–water partition coefficient (Wildman–Crippen LogP) is 2.72. The summed E-state index contributed by atoms with van der Waals surface area (Å²) in [7, 11) is 0. The second-order valence-corrected chi connectivity index (χ2v) is 3.29. The van der Waals surface area contributed by atoms with E-state index in [1.165, 1.54) is 19.3 Å². The number of rotatable bonds is 5. The Kier molecular flexibility index (Phi) is 6.24. The van der Waals surface area contributed by atoms with Crippen LogP contribution in [0, 0.1) is 5.92 Å². The molecule has 0 aromatic rings. The molecule has 0 saturated heterocycles. The minimum Gasteiger partial charge on any atom is -0.327 e. The van der Waals surface area contributed by atoms with Crippen LogP contribution >= 0.6 is 0 Å². The Morgan fingerprint density at radius 1 is 1.36 bits per heavy atom. The van der Waals surface area contributed by atoms with Crippen molar-refractivity contribution in [3.8, 4) is 0 Å². The summed E-state index contributed by atoms with van der Waals surface area (Å²) in [6, 6.07) is 0.285. The lowest BCUT2D eigenvalue weighted by Crippen LogP contribution is -2.22. The fourth-order valence-electron chi connectivity index (χ4n) is 0.808. The maximum atomic E-state index is 5.70. The van der Waals surface area contributed by atoms with E-state index in [1.807, 2.05) is 0 Å². The number of nitrogens with two attached hydrogens (primary N) is 1. The molecule has 0 aliphatic rings. The van der Waals surface area contributed by atoms with Gasteiger partial charge in [-0.1, -0.05) is 38.8 Å². The highest BCUT2D eigenvalue weighted by Gasteiger charge is 2.00. The Balaban J connectivity index is 3.40. The first-order valence-electron chi connectivity index (χ1n) is 4.60. The Labute approximate surface area is 70.7 Å². The van der Waals surface area contributed by atoms with Gasteiger partial charge in [-0.2, -0.15) is 0 Å². The van der Waals surface area contributed by atoms with Gasteiger partial charge in [0, 0.05) is 6.04 Å². The largest absolute Gasteiger partial charge is 0.327 e. The Bertz CT molecular complexity index is 105. The summed E-state index contributed by atoms with van der Waals surface area (Å²) in [4.78, 5) is 0. The molecule has 0 heterocycles. The molecule has 0 radical (unpaired) electrons. The minimum absolute atomic E-state index is 0.285. The fourth-order valence-corrected chi connectivity index (χ4v) is 0.808. The first-order chi connectivity index (χ1) is 5.18. The molecule has 0 saturated carbocycles. The molecular weight excluding hydrogens is 134 g/mol. The first kappa shape index (κ1) is 10.7. The van der Waals surface area contributed by atoms with Gasteiger partial charge in [0.15, 0.2) is 0 Å². The molecule has 0 aliphatic carbocycles. The summed E-state index contributed by atoms with van der Waals surface area (Å²) in [5, 5.41) is 0. The van der Waals surface area contributed by atoms with Crippen molar-refractivity contribution in [3.05, 3.63) is 12.2 Å². The lowest BCUT2D eigenvalue weighted by atomic mass is 10.0. The van der Waals surface area contributed by atoms with Crippen molar-refractivity contribution in [2.45, 2.75) is 46.1 Å². The van der Waals surface area contributed by atoms with Crippen LogP contribution in [0.1, 0.15) is 40.0 Å². The van der Waals surface area contributed by atoms with Gasteiger partial charge in [-0.25, -0.2) is 0 Å². The van der Waals surface area contributed by atoms with Crippen LogP contribution in [-0.2, 0) is 0 Å². The van der Waals surface area contributed by atoms with Gasteiger partial charge in [-0.15, -0.1) is 0 Å². The van der Waals surface area contributed by atoms with Crippen LogP contribution in [0.2, 0.25) is 0 Å². The van der Waals surface area contributed by atoms with Crippen molar-refractivity contribution in [3.63, 3.8) is 0 Å². The summed E-state index contributed by atoms with van der Waals surface area (Å²) in [6.45, 7) is 6.42. The maximum absolute atomic E-state index is 5.70. The number of hydrogen-bond acceptors (Lipinski definition) is 1. The summed E-state index contributed by atoms with van der Waals surface area (Å²) >= 11 is 0. The molecule has 1 heteroatoms. The van der Waals surface area contributed by atoms with Crippen LogP contribution in [0.25, 0.3) is 0 Å². The lowest BCUT2D eigenvalue weighted by Gasteiger charge is -2.09. The zero-order valence-electron chi connectivity index (χ0n) is 8.01. The van der Waals surface area contributed by atoms with Gasteiger partial charge < -0.3 is 5.73 Å². The molecule has 11 heavy (non-hydrogen) atoms. The predicted molar refractivity (Wildman–Crippen MR) is 51.5 cm³/mol. The smallest absolute Gasteiger partial charge is 0.00707 e. The van der Waals surface area contributed by atoms with E-state index in [0.29, 0.717) is 5.92 Å². The summed E-state index contributed by atoms with van der Waals surface area (Å²) in [5.74, 6) is 0.520. The molecule has 66 valence electrons. The van der Waals surface area contributed by atoms with E-state index >= 15 is 0 Å². The summed E-state index contributed by atoms with van der Waals surface area (Å²) in [6.07, 6.45) is 8.24. The average Bonchev–Trinajstić information content (AvgIpc) is 1.97. The quantitative estimate of drug-likeness (QED) is 0.479. The fraction of sp³-hybridized carbons (Fsp3) is 0.800. The van der Waals surface area contributed by atoms with Crippen molar-refractivity contribution >= 4 is 0 Å². The maximum Gasteiger partial charge on any atom is 0.00707 e. The molecule has 0 spiro atoms. The van der Waals surface area contributed by atoms with Crippen LogP contribution in [0.3, 0.4) is 0 Å². The van der Waals surface area contributed by atoms with E-state index < -0.39 is 0 Å². The van der Waals surface area contributed by atoms with E-state index in [1.54, 1.807) is 0 Å². The first-order valence-corrected chi connectivity index (χ1v) is 4.60. The summed E-state index contributed by atoms with van der Waals surface area (Å²) in [5.41, 5.74) is 5.70. The number of allylic oxidation sites excluding steroid dienone is 1. The van der Waals surface area contributed by atoms with E-state index in [-0.39, 0.29) is 6.04 Å². The van der Waals surface area contributed by atoms with Gasteiger partial charge in [0.1, 0.15) is 0 Å².